The molecule has 0 aliphatic heterocycles. The number of benzene rings is 1. The molecule has 0 atom stereocenters. The van der Waals surface area contributed by atoms with Gasteiger partial charge in [-0.1, -0.05) is 25.0 Å². The summed E-state index contributed by atoms with van der Waals surface area (Å²) in [5, 5.41) is 6.88. The van der Waals surface area contributed by atoms with Gasteiger partial charge in [0.2, 0.25) is 0 Å². The van der Waals surface area contributed by atoms with Crippen molar-refractivity contribution in [1.29, 1.82) is 0 Å². The van der Waals surface area contributed by atoms with Gasteiger partial charge in [0.15, 0.2) is 5.96 Å². The molecule has 0 aromatic heterocycles. The zero-order valence-electron chi connectivity index (χ0n) is 14.5. The standard InChI is InChI=1S/C18H29N3O.HI/c1-4-19-18(21-16-9-5-6-10-16)20-13-15-8-7-11-17(12-15)22-14(2)3;/h7-8,11-12,14,16H,4-6,9-10,13H2,1-3H3,(H2,19,20,21);1H. The second kappa shape index (κ2) is 10.7. The van der Waals surface area contributed by atoms with Crippen molar-refractivity contribution >= 4 is 29.9 Å². The van der Waals surface area contributed by atoms with Gasteiger partial charge in [-0.3, -0.25) is 0 Å². The van der Waals surface area contributed by atoms with Gasteiger partial charge in [0.1, 0.15) is 5.75 Å². The smallest absolute Gasteiger partial charge is 0.191 e. The monoisotopic (exact) mass is 431 g/mol. The fraction of sp³-hybridized carbons (Fsp3) is 0.611. The van der Waals surface area contributed by atoms with Crippen molar-refractivity contribution in [1.82, 2.24) is 10.6 Å². The molecule has 2 rings (SSSR count). The minimum atomic E-state index is 0. The molecule has 0 unspecified atom stereocenters. The number of rotatable bonds is 6. The predicted octanol–water partition coefficient (Wildman–Crippen LogP) is 4.09. The van der Waals surface area contributed by atoms with E-state index in [9.17, 15) is 0 Å². The highest BCUT2D eigenvalue weighted by Crippen LogP contribution is 2.18. The molecule has 1 aliphatic carbocycles. The molecule has 0 radical (unpaired) electrons. The van der Waals surface area contributed by atoms with Gasteiger partial charge in [-0.05, 0) is 51.3 Å². The van der Waals surface area contributed by atoms with Crippen LogP contribution in [0.4, 0.5) is 0 Å². The number of nitrogens with zero attached hydrogens (tertiary/aromatic N) is 1. The molecular formula is C18H30IN3O. The van der Waals surface area contributed by atoms with Crippen molar-refractivity contribution in [2.45, 2.75) is 65.1 Å². The van der Waals surface area contributed by atoms with Crippen LogP contribution >= 0.6 is 24.0 Å². The van der Waals surface area contributed by atoms with E-state index in [-0.39, 0.29) is 30.1 Å². The normalized spacial score (nSPS) is 15.4. The number of halogens is 1. The maximum Gasteiger partial charge on any atom is 0.191 e. The average Bonchev–Trinajstić information content (AvgIpc) is 2.98. The number of ether oxygens (including phenoxy) is 1. The Kier molecular flexibility index (Phi) is 9.36. The zero-order valence-corrected chi connectivity index (χ0v) is 16.8. The maximum atomic E-state index is 5.74. The highest BCUT2D eigenvalue weighted by Gasteiger charge is 2.15. The lowest BCUT2D eigenvalue weighted by atomic mass is 10.2. The molecule has 0 amide bonds. The highest BCUT2D eigenvalue weighted by molar-refractivity contribution is 14.0. The zero-order chi connectivity index (χ0) is 15.8. The van der Waals surface area contributed by atoms with Crippen molar-refractivity contribution in [3.8, 4) is 5.75 Å². The molecule has 1 aromatic rings. The lowest BCUT2D eigenvalue weighted by Gasteiger charge is -2.16. The molecule has 4 nitrogen and oxygen atoms in total. The summed E-state index contributed by atoms with van der Waals surface area (Å²) in [6, 6.07) is 8.77. The van der Waals surface area contributed by atoms with E-state index >= 15 is 0 Å². The molecule has 1 fully saturated rings. The minimum absolute atomic E-state index is 0. The molecule has 0 heterocycles. The van der Waals surface area contributed by atoms with Crippen LogP contribution in [0, 0.1) is 0 Å². The van der Waals surface area contributed by atoms with Crippen LogP contribution in [0.1, 0.15) is 52.0 Å². The van der Waals surface area contributed by atoms with Gasteiger partial charge >= 0.3 is 0 Å². The third-order valence-electron chi connectivity index (χ3n) is 3.73. The van der Waals surface area contributed by atoms with Crippen molar-refractivity contribution in [3.63, 3.8) is 0 Å². The van der Waals surface area contributed by atoms with Crippen molar-refractivity contribution in [3.05, 3.63) is 29.8 Å². The summed E-state index contributed by atoms with van der Waals surface area (Å²) >= 11 is 0. The van der Waals surface area contributed by atoms with Crippen LogP contribution in [-0.2, 0) is 6.54 Å². The fourth-order valence-electron chi connectivity index (χ4n) is 2.74. The summed E-state index contributed by atoms with van der Waals surface area (Å²) in [7, 11) is 0. The molecule has 0 saturated heterocycles. The van der Waals surface area contributed by atoms with E-state index in [1.807, 2.05) is 26.0 Å². The summed E-state index contributed by atoms with van der Waals surface area (Å²) in [4.78, 5) is 4.71. The van der Waals surface area contributed by atoms with Crippen LogP contribution in [-0.4, -0.2) is 24.7 Å². The van der Waals surface area contributed by atoms with E-state index in [1.54, 1.807) is 0 Å². The van der Waals surface area contributed by atoms with Crippen LogP contribution in [0.25, 0.3) is 0 Å². The van der Waals surface area contributed by atoms with Gasteiger partial charge in [0.25, 0.3) is 0 Å². The first-order valence-electron chi connectivity index (χ1n) is 8.48. The molecule has 1 saturated carbocycles. The van der Waals surface area contributed by atoms with Gasteiger partial charge < -0.3 is 15.4 Å². The SMILES string of the molecule is CCNC(=NCc1cccc(OC(C)C)c1)NC1CCCC1.I. The lowest BCUT2D eigenvalue weighted by Crippen LogP contribution is -2.42. The van der Waals surface area contributed by atoms with Crippen molar-refractivity contribution in [2.75, 3.05) is 6.54 Å². The topological polar surface area (TPSA) is 45.7 Å². The Bertz CT molecular complexity index is 485. The largest absolute Gasteiger partial charge is 0.491 e. The third-order valence-corrected chi connectivity index (χ3v) is 3.73. The van der Waals surface area contributed by atoms with Gasteiger partial charge in [0, 0.05) is 12.6 Å². The van der Waals surface area contributed by atoms with Gasteiger partial charge in [-0.25, -0.2) is 4.99 Å². The summed E-state index contributed by atoms with van der Waals surface area (Å²) in [5.74, 6) is 1.83. The molecule has 0 spiro atoms. The summed E-state index contributed by atoms with van der Waals surface area (Å²) in [5.41, 5.74) is 1.17. The molecule has 1 aromatic carbocycles. The van der Waals surface area contributed by atoms with E-state index in [0.29, 0.717) is 12.6 Å². The Morgan fingerprint density at radius 3 is 2.70 bits per heavy atom. The first-order valence-corrected chi connectivity index (χ1v) is 8.48. The lowest BCUT2D eigenvalue weighted by molar-refractivity contribution is 0.242. The molecular weight excluding hydrogens is 401 g/mol. The van der Waals surface area contributed by atoms with Crippen LogP contribution in [0.5, 0.6) is 5.75 Å². The Morgan fingerprint density at radius 2 is 2.04 bits per heavy atom. The Hall–Kier alpha value is -0.980. The van der Waals surface area contributed by atoms with Crippen LogP contribution in [0.3, 0.4) is 0 Å². The Morgan fingerprint density at radius 1 is 1.30 bits per heavy atom. The number of guanidine groups is 1. The van der Waals surface area contributed by atoms with E-state index in [0.717, 1.165) is 18.3 Å². The van der Waals surface area contributed by atoms with Crippen LogP contribution in [0.15, 0.2) is 29.3 Å². The number of hydrogen-bond donors (Lipinski definition) is 2. The van der Waals surface area contributed by atoms with E-state index in [1.165, 1.54) is 31.2 Å². The molecule has 2 N–H and O–H groups in total. The number of nitrogens with one attached hydrogen (secondary N) is 2. The minimum Gasteiger partial charge on any atom is -0.491 e. The van der Waals surface area contributed by atoms with Crippen LogP contribution < -0.4 is 15.4 Å². The quantitative estimate of drug-likeness (QED) is 0.405. The maximum absolute atomic E-state index is 5.74. The summed E-state index contributed by atoms with van der Waals surface area (Å²) in [6.07, 6.45) is 5.35. The Labute approximate surface area is 157 Å². The van der Waals surface area contributed by atoms with E-state index < -0.39 is 0 Å². The molecule has 1 aliphatic rings. The molecule has 23 heavy (non-hydrogen) atoms. The Balaban J connectivity index is 0.00000264. The first-order chi connectivity index (χ1) is 10.7. The molecule has 130 valence electrons. The third kappa shape index (κ3) is 7.42. The van der Waals surface area contributed by atoms with E-state index in [4.69, 9.17) is 9.73 Å². The number of hydrogen-bond acceptors (Lipinski definition) is 2. The summed E-state index contributed by atoms with van der Waals surface area (Å²) in [6.45, 7) is 7.73. The first kappa shape index (κ1) is 20.1. The molecule has 5 heteroatoms. The fourth-order valence-corrected chi connectivity index (χ4v) is 2.74. The predicted molar refractivity (Wildman–Crippen MR) is 108 cm³/mol. The van der Waals surface area contributed by atoms with Crippen molar-refractivity contribution in [2.24, 2.45) is 4.99 Å². The summed E-state index contributed by atoms with van der Waals surface area (Å²) < 4.78 is 5.74. The van der Waals surface area contributed by atoms with Gasteiger partial charge in [-0.15, -0.1) is 24.0 Å². The average molecular weight is 431 g/mol. The number of aliphatic imine (C=N–C) groups is 1. The highest BCUT2D eigenvalue weighted by atomic mass is 127. The molecule has 0 bridgehead atoms. The second-order valence-electron chi connectivity index (χ2n) is 6.13. The van der Waals surface area contributed by atoms with Gasteiger partial charge in [0.05, 0.1) is 12.6 Å². The van der Waals surface area contributed by atoms with Crippen LogP contribution in [0.2, 0.25) is 0 Å². The van der Waals surface area contributed by atoms with E-state index in [2.05, 4.69) is 29.7 Å². The second-order valence-corrected chi connectivity index (χ2v) is 6.13. The van der Waals surface area contributed by atoms with Gasteiger partial charge in [-0.2, -0.15) is 0 Å². The van der Waals surface area contributed by atoms with Crippen molar-refractivity contribution < 1.29 is 4.74 Å².